The first-order valence-corrected chi connectivity index (χ1v) is 7.25. The maximum atomic E-state index is 13.2. The lowest BCUT2D eigenvalue weighted by molar-refractivity contribution is 0.584. The van der Waals surface area contributed by atoms with Crippen LogP contribution >= 0.6 is 0 Å². The third kappa shape index (κ3) is 3.40. The van der Waals surface area contributed by atoms with Crippen LogP contribution in [0.5, 0.6) is 0 Å². The average molecular weight is 295 g/mol. The quantitative estimate of drug-likeness (QED) is 0.781. The Morgan fingerprint density at radius 3 is 2.32 bits per heavy atom. The molecule has 0 aliphatic rings. The lowest BCUT2D eigenvalue weighted by Gasteiger charge is -2.19. The molecule has 0 spiro atoms. The molecule has 0 aliphatic carbocycles. The van der Waals surface area contributed by atoms with Gasteiger partial charge in [0, 0.05) is 19.8 Å². The summed E-state index contributed by atoms with van der Waals surface area (Å²) in [5, 5.41) is 7.88. The van der Waals surface area contributed by atoms with E-state index in [1.54, 1.807) is 4.68 Å². The molecule has 0 radical (unpaired) electrons. The maximum absolute atomic E-state index is 13.2. The van der Waals surface area contributed by atoms with Crippen LogP contribution in [0.15, 0.2) is 66.9 Å². The van der Waals surface area contributed by atoms with Gasteiger partial charge in [0.2, 0.25) is 0 Å². The smallest absolute Gasteiger partial charge is 0.123 e. The number of rotatable bonds is 5. The van der Waals surface area contributed by atoms with Crippen molar-refractivity contribution in [1.82, 2.24) is 15.1 Å². The van der Waals surface area contributed by atoms with Crippen LogP contribution in [0.1, 0.15) is 22.9 Å². The zero-order valence-corrected chi connectivity index (χ0v) is 12.4. The van der Waals surface area contributed by atoms with Crippen molar-refractivity contribution in [2.24, 2.45) is 7.05 Å². The first-order valence-electron chi connectivity index (χ1n) is 7.25. The van der Waals surface area contributed by atoms with E-state index in [1.165, 1.54) is 12.1 Å². The molecule has 0 saturated heterocycles. The molecule has 0 amide bonds. The highest BCUT2D eigenvalue weighted by atomic mass is 19.1. The summed E-state index contributed by atoms with van der Waals surface area (Å²) < 4.78 is 15.0. The molecule has 1 heterocycles. The number of aryl methyl sites for hydroxylation is 1. The van der Waals surface area contributed by atoms with Crippen LogP contribution in [0.25, 0.3) is 0 Å². The van der Waals surface area contributed by atoms with Gasteiger partial charge in [0.25, 0.3) is 0 Å². The molecule has 1 N–H and O–H groups in total. The molecule has 0 aliphatic heterocycles. The molecule has 3 rings (SSSR count). The number of hydrogen-bond donors (Lipinski definition) is 1. The van der Waals surface area contributed by atoms with Gasteiger partial charge < -0.3 is 5.32 Å². The Labute approximate surface area is 129 Å². The molecule has 1 atom stereocenters. The first-order chi connectivity index (χ1) is 10.7. The average Bonchev–Trinajstić information content (AvgIpc) is 2.96. The van der Waals surface area contributed by atoms with Gasteiger partial charge in [0.15, 0.2) is 0 Å². The van der Waals surface area contributed by atoms with E-state index in [4.69, 9.17) is 0 Å². The minimum Gasteiger partial charge on any atom is -0.300 e. The number of hydrogen-bond acceptors (Lipinski definition) is 2. The van der Waals surface area contributed by atoms with Crippen molar-refractivity contribution in [3.05, 3.63) is 89.5 Å². The summed E-state index contributed by atoms with van der Waals surface area (Å²) in [5.74, 6) is -0.222. The normalized spacial score (nSPS) is 12.3. The van der Waals surface area contributed by atoms with E-state index in [-0.39, 0.29) is 11.9 Å². The molecule has 1 aromatic heterocycles. The number of aromatic nitrogens is 2. The van der Waals surface area contributed by atoms with Crippen molar-refractivity contribution in [2.45, 2.75) is 12.6 Å². The van der Waals surface area contributed by atoms with E-state index in [1.807, 2.05) is 49.6 Å². The fraction of sp³-hybridized carbons (Fsp3) is 0.167. The largest absolute Gasteiger partial charge is 0.300 e. The molecule has 1 unspecified atom stereocenters. The molecule has 22 heavy (non-hydrogen) atoms. The topological polar surface area (TPSA) is 29.9 Å². The van der Waals surface area contributed by atoms with Crippen molar-refractivity contribution >= 4 is 0 Å². The van der Waals surface area contributed by atoms with Crippen LogP contribution in [-0.2, 0) is 13.6 Å². The van der Waals surface area contributed by atoms with Gasteiger partial charge in [0.1, 0.15) is 5.82 Å². The molecule has 0 fully saturated rings. The van der Waals surface area contributed by atoms with Gasteiger partial charge in [-0.1, -0.05) is 42.5 Å². The predicted molar refractivity (Wildman–Crippen MR) is 84.7 cm³/mol. The number of halogens is 1. The second kappa shape index (κ2) is 6.54. The van der Waals surface area contributed by atoms with E-state index >= 15 is 0 Å². The van der Waals surface area contributed by atoms with Gasteiger partial charge in [-0.15, -0.1) is 0 Å². The van der Waals surface area contributed by atoms with Crippen molar-refractivity contribution < 1.29 is 4.39 Å². The molecule has 3 aromatic rings. The van der Waals surface area contributed by atoms with Gasteiger partial charge in [0.05, 0.1) is 11.7 Å². The van der Waals surface area contributed by atoms with Gasteiger partial charge >= 0.3 is 0 Å². The Morgan fingerprint density at radius 2 is 1.68 bits per heavy atom. The van der Waals surface area contributed by atoms with E-state index in [0.29, 0.717) is 6.54 Å². The standard InChI is InChI=1S/C18H18FN3/c1-22-12-11-17(21-22)13-20-18(14-5-3-2-4-6-14)15-7-9-16(19)10-8-15/h2-12,18,20H,13H2,1H3. The predicted octanol–water partition coefficient (Wildman–Crippen LogP) is 3.44. The third-order valence-electron chi connectivity index (χ3n) is 3.59. The van der Waals surface area contributed by atoms with Crippen LogP contribution < -0.4 is 5.32 Å². The lowest BCUT2D eigenvalue weighted by atomic mass is 9.98. The van der Waals surface area contributed by atoms with Crippen molar-refractivity contribution in [3.8, 4) is 0 Å². The highest BCUT2D eigenvalue weighted by Crippen LogP contribution is 2.22. The van der Waals surface area contributed by atoms with Gasteiger partial charge in [-0.25, -0.2) is 4.39 Å². The van der Waals surface area contributed by atoms with Gasteiger partial charge in [-0.05, 0) is 29.3 Å². The molecular weight excluding hydrogens is 277 g/mol. The van der Waals surface area contributed by atoms with Crippen molar-refractivity contribution in [1.29, 1.82) is 0 Å². The van der Waals surface area contributed by atoms with E-state index in [2.05, 4.69) is 22.5 Å². The zero-order chi connectivity index (χ0) is 15.4. The molecule has 112 valence electrons. The molecule has 0 saturated carbocycles. The summed E-state index contributed by atoms with van der Waals surface area (Å²) in [5.41, 5.74) is 3.15. The first kappa shape index (κ1) is 14.5. The molecule has 0 bridgehead atoms. The number of benzene rings is 2. The summed E-state index contributed by atoms with van der Waals surface area (Å²) in [6, 6.07) is 18.8. The number of nitrogens with zero attached hydrogens (tertiary/aromatic N) is 2. The fourth-order valence-electron chi connectivity index (χ4n) is 2.49. The summed E-state index contributed by atoms with van der Waals surface area (Å²) in [4.78, 5) is 0. The minimum absolute atomic E-state index is 0.00352. The lowest BCUT2D eigenvalue weighted by Crippen LogP contribution is -2.22. The second-order valence-corrected chi connectivity index (χ2v) is 5.26. The highest BCUT2D eigenvalue weighted by Gasteiger charge is 2.14. The Morgan fingerprint density at radius 1 is 1.00 bits per heavy atom. The zero-order valence-electron chi connectivity index (χ0n) is 12.4. The summed E-state index contributed by atoms with van der Waals surface area (Å²) in [6.07, 6.45) is 1.92. The van der Waals surface area contributed by atoms with Crippen LogP contribution in [0.4, 0.5) is 4.39 Å². The Hall–Kier alpha value is -2.46. The number of nitrogens with one attached hydrogen (secondary N) is 1. The van der Waals surface area contributed by atoms with Crippen LogP contribution in [0.3, 0.4) is 0 Å². The SMILES string of the molecule is Cn1ccc(CNC(c2ccccc2)c2ccc(F)cc2)n1. The van der Waals surface area contributed by atoms with Crippen LogP contribution in [-0.4, -0.2) is 9.78 Å². The van der Waals surface area contributed by atoms with E-state index in [9.17, 15) is 4.39 Å². The molecule has 4 heteroatoms. The van der Waals surface area contributed by atoms with Gasteiger partial charge in [-0.2, -0.15) is 5.10 Å². The van der Waals surface area contributed by atoms with Crippen LogP contribution in [0, 0.1) is 5.82 Å². The van der Waals surface area contributed by atoms with E-state index in [0.717, 1.165) is 16.8 Å². The monoisotopic (exact) mass is 295 g/mol. The Bertz CT molecular complexity index is 720. The Kier molecular flexibility index (Phi) is 4.30. The molecular formula is C18H18FN3. The Balaban J connectivity index is 1.84. The molecule has 3 nitrogen and oxygen atoms in total. The third-order valence-corrected chi connectivity index (χ3v) is 3.59. The molecule has 2 aromatic carbocycles. The summed E-state index contributed by atoms with van der Waals surface area (Å²) in [7, 11) is 1.90. The summed E-state index contributed by atoms with van der Waals surface area (Å²) in [6.45, 7) is 0.651. The van der Waals surface area contributed by atoms with E-state index < -0.39 is 0 Å². The summed E-state index contributed by atoms with van der Waals surface area (Å²) >= 11 is 0. The second-order valence-electron chi connectivity index (χ2n) is 5.26. The minimum atomic E-state index is -0.222. The van der Waals surface area contributed by atoms with Crippen molar-refractivity contribution in [3.63, 3.8) is 0 Å². The van der Waals surface area contributed by atoms with Crippen LogP contribution in [0.2, 0.25) is 0 Å². The maximum Gasteiger partial charge on any atom is 0.123 e. The van der Waals surface area contributed by atoms with Gasteiger partial charge in [-0.3, -0.25) is 4.68 Å². The highest BCUT2D eigenvalue weighted by molar-refractivity contribution is 5.31. The van der Waals surface area contributed by atoms with Crippen molar-refractivity contribution in [2.75, 3.05) is 0 Å². The fourth-order valence-corrected chi connectivity index (χ4v) is 2.49.